The van der Waals surface area contributed by atoms with Gasteiger partial charge in [0.05, 0.1) is 0 Å². The van der Waals surface area contributed by atoms with Gasteiger partial charge < -0.3 is 11.5 Å². The summed E-state index contributed by atoms with van der Waals surface area (Å²) in [7, 11) is 0. The van der Waals surface area contributed by atoms with Crippen LogP contribution >= 0.6 is 0 Å². The number of aryl methyl sites for hydroxylation is 1. The number of amides is 1. The van der Waals surface area contributed by atoms with Crippen molar-refractivity contribution in [2.24, 2.45) is 17.4 Å². The third kappa shape index (κ3) is 5.03. The number of carbonyl (C=O) groups is 1. The van der Waals surface area contributed by atoms with Gasteiger partial charge in [0.1, 0.15) is 0 Å². The standard InChI is InChI=1S/C15H20N2O/c1-12(15(17)18)5-2-6-13-7-3-8-14(11-13)9-4-10-16/h3,7-8,11-12H,4-5,9-10,16H2,1H3,(H2,17,18). The van der Waals surface area contributed by atoms with Crippen molar-refractivity contribution in [3.05, 3.63) is 35.4 Å². The Morgan fingerprint density at radius 1 is 1.44 bits per heavy atom. The van der Waals surface area contributed by atoms with E-state index >= 15 is 0 Å². The molecular formula is C15H20N2O. The fourth-order valence-corrected chi connectivity index (χ4v) is 1.52. The SMILES string of the molecule is CC(CC#Cc1cccc(CCCN)c1)C(N)=O. The van der Waals surface area contributed by atoms with E-state index < -0.39 is 0 Å². The van der Waals surface area contributed by atoms with E-state index in [0.29, 0.717) is 13.0 Å². The molecule has 1 rings (SSSR count). The van der Waals surface area contributed by atoms with Crippen molar-refractivity contribution in [3.8, 4) is 11.8 Å². The van der Waals surface area contributed by atoms with E-state index in [0.717, 1.165) is 18.4 Å². The monoisotopic (exact) mass is 244 g/mol. The summed E-state index contributed by atoms with van der Waals surface area (Å²) in [6, 6.07) is 8.10. The third-order valence-corrected chi connectivity index (χ3v) is 2.72. The number of primary amides is 1. The topological polar surface area (TPSA) is 69.1 Å². The summed E-state index contributed by atoms with van der Waals surface area (Å²) in [4.78, 5) is 10.9. The largest absolute Gasteiger partial charge is 0.369 e. The number of carbonyl (C=O) groups excluding carboxylic acids is 1. The fraction of sp³-hybridized carbons (Fsp3) is 0.400. The molecule has 0 saturated carbocycles. The minimum absolute atomic E-state index is 0.196. The van der Waals surface area contributed by atoms with Crippen molar-refractivity contribution in [1.82, 2.24) is 0 Å². The van der Waals surface area contributed by atoms with E-state index in [9.17, 15) is 4.79 Å². The Hall–Kier alpha value is -1.79. The molecule has 3 heteroatoms. The van der Waals surface area contributed by atoms with Gasteiger partial charge in [0.15, 0.2) is 0 Å². The smallest absolute Gasteiger partial charge is 0.221 e. The van der Waals surface area contributed by atoms with Crippen molar-refractivity contribution in [2.75, 3.05) is 6.54 Å². The van der Waals surface area contributed by atoms with Gasteiger partial charge in [0.2, 0.25) is 5.91 Å². The normalized spacial score (nSPS) is 11.4. The second-order valence-electron chi connectivity index (χ2n) is 4.40. The molecule has 0 spiro atoms. The number of rotatable bonds is 5. The highest BCUT2D eigenvalue weighted by molar-refractivity contribution is 5.76. The third-order valence-electron chi connectivity index (χ3n) is 2.72. The highest BCUT2D eigenvalue weighted by atomic mass is 16.1. The predicted molar refractivity (Wildman–Crippen MR) is 73.7 cm³/mol. The molecule has 1 atom stereocenters. The second kappa shape index (κ2) is 7.52. The molecule has 0 radical (unpaired) electrons. The zero-order valence-corrected chi connectivity index (χ0v) is 10.8. The number of hydrogen-bond acceptors (Lipinski definition) is 2. The van der Waals surface area contributed by atoms with Crippen LogP contribution in [0.25, 0.3) is 0 Å². The minimum Gasteiger partial charge on any atom is -0.369 e. The van der Waals surface area contributed by atoms with E-state index in [4.69, 9.17) is 11.5 Å². The summed E-state index contributed by atoms with van der Waals surface area (Å²) >= 11 is 0. The van der Waals surface area contributed by atoms with E-state index in [1.807, 2.05) is 12.1 Å². The summed E-state index contributed by atoms with van der Waals surface area (Å²) in [5.74, 6) is 5.55. The van der Waals surface area contributed by atoms with Crippen LogP contribution in [-0.2, 0) is 11.2 Å². The van der Waals surface area contributed by atoms with Gasteiger partial charge in [0, 0.05) is 17.9 Å². The molecule has 0 aliphatic heterocycles. The highest BCUT2D eigenvalue weighted by Gasteiger charge is 2.05. The minimum atomic E-state index is -0.305. The Balaban J connectivity index is 2.62. The highest BCUT2D eigenvalue weighted by Crippen LogP contribution is 2.07. The van der Waals surface area contributed by atoms with E-state index in [1.165, 1.54) is 5.56 Å². The quantitative estimate of drug-likeness (QED) is 0.769. The molecular weight excluding hydrogens is 224 g/mol. The van der Waals surface area contributed by atoms with E-state index in [-0.39, 0.29) is 11.8 Å². The molecule has 0 aliphatic rings. The van der Waals surface area contributed by atoms with Crippen molar-refractivity contribution >= 4 is 5.91 Å². The molecule has 0 heterocycles. The average Bonchev–Trinajstić information content (AvgIpc) is 2.36. The molecule has 1 unspecified atom stereocenters. The van der Waals surface area contributed by atoms with Crippen LogP contribution in [-0.4, -0.2) is 12.5 Å². The maximum atomic E-state index is 10.9. The van der Waals surface area contributed by atoms with Crippen LogP contribution in [0.3, 0.4) is 0 Å². The second-order valence-corrected chi connectivity index (χ2v) is 4.40. The number of benzene rings is 1. The average molecular weight is 244 g/mol. The summed E-state index contributed by atoms with van der Waals surface area (Å²) in [5.41, 5.74) is 12.9. The summed E-state index contributed by atoms with van der Waals surface area (Å²) in [6.45, 7) is 2.49. The first-order chi connectivity index (χ1) is 8.63. The van der Waals surface area contributed by atoms with Crippen molar-refractivity contribution in [3.63, 3.8) is 0 Å². The van der Waals surface area contributed by atoms with Gasteiger partial charge in [-0.1, -0.05) is 30.9 Å². The zero-order chi connectivity index (χ0) is 13.4. The van der Waals surface area contributed by atoms with Gasteiger partial charge in [-0.15, -0.1) is 0 Å². The molecule has 3 nitrogen and oxygen atoms in total. The summed E-state index contributed by atoms with van der Waals surface area (Å²) in [6.07, 6.45) is 2.46. The van der Waals surface area contributed by atoms with Crippen molar-refractivity contribution in [2.45, 2.75) is 26.2 Å². The molecule has 0 aliphatic carbocycles. The fourth-order valence-electron chi connectivity index (χ4n) is 1.52. The van der Waals surface area contributed by atoms with Crippen molar-refractivity contribution in [1.29, 1.82) is 0 Å². The Bertz CT molecular complexity index is 457. The lowest BCUT2D eigenvalue weighted by Gasteiger charge is -2.01. The molecule has 18 heavy (non-hydrogen) atoms. The van der Waals surface area contributed by atoms with Crippen LogP contribution in [0.15, 0.2) is 24.3 Å². The molecule has 1 amide bonds. The van der Waals surface area contributed by atoms with Gasteiger partial charge in [-0.2, -0.15) is 0 Å². The van der Waals surface area contributed by atoms with Crippen LogP contribution < -0.4 is 11.5 Å². The lowest BCUT2D eigenvalue weighted by Crippen LogP contribution is -2.19. The predicted octanol–water partition coefficient (Wildman–Crippen LogP) is 1.44. The van der Waals surface area contributed by atoms with Gasteiger partial charge in [0.25, 0.3) is 0 Å². The first-order valence-electron chi connectivity index (χ1n) is 6.20. The molecule has 1 aromatic rings. The molecule has 96 valence electrons. The van der Waals surface area contributed by atoms with E-state index in [1.54, 1.807) is 6.92 Å². The van der Waals surface area contributed by atoms with Crippen LogP contribution in [0.5, 0.6) is 0 Å². The Labute approximate surface area is 109 Å². The molecule has 0 bridgehead atoms. The van der Waals surface area contributed by atoms with Gasteiger partial charge in [-0.25, -0.2) is 0 Å². The van der Waals surface area contributed by atoms with Crippen LogP contribution in [0.2, 0.25) is 0 Å². The summed E-state index contributed by atoms with van der Waals surface area (Å²) < 4.78 is 0. The van der Waals surface area contributed by atoms with Crippen LogP contribution in [0.4, 0.5) is 0 Å². The first-order valence-corrected chi connectivity index (χ1v) is 6.20. The van der Waals surface area contributed by atoms with Gasteiger partial charge >= 0.3 is 0 Å². The Kier molecular flexibility index (Phi) is 5.96. The summed E-state index contributed by atoms with van der Waals surface area (Å²) in [5, 5.41) is 0. The van der Waals surface area contributed by atoms with Gasteiger partial charge in [-0.3, -0.25) is 4.79 Å². The first kappa shape index (κ1) is 14.3. The Morgan fingerprint density at radius 2 is 2.22 bits per heavy atom. The van der Waals surface area contributed by atoms with E-state index in [2.05, 4.69) is 24.0 Å². The van der Waals surface area contributed by atoms with Crippen LogP contribution in [0, 0.1) is 17.8 Å². The molecule has 0 aromatic heterocycles. The lowest BCUT2D eigenvalue weighted by atomic mass is 10.1. The van der Waals surface area contributed by atoms with Gasteiger partial charge in [-0.05, 0) is 37.1 Å². The lowest BCUT2D eigenvalue weighted by molar-refractivity contribution is -0.121. The molecule has 0 fully saturated rings. The molecule has 1 aromatic carbocycles. The Morgan fingerprint density at radius 3 is 2.89 bits per heavy atom. The van der Waals surface area contributed by atoms with Crippen LogP contribution in [0.1, 0.15) is 30.9 Å². The molecule has 0 saturated heterocycles. The van der Waals surface area contributed by atoms with Crippen molar-refractivity contribution < 1.29 is 4.79 Å². The number of nitrogens with two attached hydrogens (primary N) is 2. The molecule has 4 N–H and O–H groups in total. The maximum Gasteiger partial charge on any atom is 0.221 e. The zero-order valence-electron chi connectivity index (χ0n) is 10.8. The number of hydrogen-bond donors (Lipinski definition) is 2. The maximum absolute atomic E-state index is 10.9.